The van der Waals surface area contributed by atoms with Gasteiger partial charge in [0.2, 0.25) is 0 Å². The van der Waals surface area contributed by atoms with E-state index in [-0.39, 0.29) is 17.7 Å². The summed E-state index contributed by atoms with van der Waals surface area (Å²) in [5.74, 6) is 0.509. The van der Waals surface area contributed by atoms with Crippen LogP contribution in [-0.2, 0) is 9.53 Å². The van der Waals surface area contributed by atoms with Gasteiger partial charge in [0.05, 0.1) is 32.5 Å². The molecule has 4 aromatic rings. The van der Waals surface area contributed by atoms with Gasteiger partial charge in [0.15, 0.2) is 4.80 Å². The van der Waals surface area contributed by atoms with Crippen molar-refractivity contribution in [2.75, 3.05) is 6.61 Å². The van der Waals surface area contributed by atoms with Crippen LogP contribution in [0.2, 0.25) is 15.1 Å². The number of esters is 1. The predicted molar refractivity (Wildman–Crippen MR) is 146 cm³/mol. The Balaban J connectivity index is 1.64. The molecule has 0 aliphatic carbocycles. The molecule has 6 nitrogen and oxygen atoms in total. The maximum Gasteiger partial charge on any atom is 0.338 e. The Morgan fingerprint density at radius 3 is 2.62 bits per heavy atom. The number of rotatable bonds is 5. The summed E-state index contributed by atoms with van der Waals surface area (Å²) in [6, 6.07) is 15.1. The quantitative estimate of drug-likeness (QED) is 0.274. The molecule has 0 fully saturated rings. The fourth-order valence-electron chi connectivity index (χ4n) is 4.15. The molecule has 188 valence electrons. The van der Waals surface area contributed by atoms with Crippen molar-refractivity contribution in [1.82, 2.24) is 4.57 Å². The van der Waals surface area contributed by atoms with Gasteiger partial charge in [-0.25, -0.2) is 9.79 Å². The Morgan fingerprint density at radius 2 is 1.89 bits per heavy atom. The van der Waals surface area contributed by atoms with Crippen LogP contribution in [0.5, 0.6) is 0 Å². The number of hydrogen-bond acceptors (Lipinski definition) is 6. The summed E-state index contributed by atoms with van der Waals surface area (Å²) in [6.07, 6.45) is 1.65. The lowest BCUT2D eigenvalue weighted by Gasteiger charge is -2.25. The molecular weight excluding hydrogens is 555 g/mol. The van der Waals surface area contributed by atoms with E-state index in [0.717, 1.165) is 5.56 Å². The minimum absolute atomic E-state index is 0.189. The molecule has 1 aliphatic rings. The van der Waals surface area contributed by atoms with Gasteiger partial charge in [-0.15, -0.1) is 0 Å². The van der Waals surface area contributed by atoms with E-state index in [0.29, 0.717) is 47.2 Å². The van der Waals surface area contributed by atoms with Crippen molar-refractivity contribution >= 4 is 58.2 Å². The van der Waals surface area contributed by atoms with E-state index < -0.39 is 12.0 Å². The van der Waals surface area contributed by atoms with E-state index in [1.807, 2.05) is 6.07 Å². The highest BCUT2D eigenvalue weighted by atomic mass is 35.5. The molecule has 3 heterocycles. The number of hydrogen-bond donors (Lipinski definition) is 0. The van der Waals surface area contributed by atoms with E-state index in [2.05, 4.69) is 4.99 Å². The van der Waals surface area contributed by atoms with Gasteiger partial charge < -0.3 is 9.15 Å². The fraction of sp³-hybridized carbons (Fsp3) is 0.148. The summed E-state index contributed by atoms with van der Waals surface area (Å²) < 4.78 is 13.2. The monoisotopic (exact) mass is 572 g/mol. The zero-order valence-corrected chi connectivity index (χ0v) is 22.7. The summed E-state index contributed by atoms with van der Waals surface area (Å²) in [5, 5.41) is 1.29. The van der Waals surface area contributed by atoms with E-state index in [1.54, 1.807) is 68.5 Å². The van der Waals surface area contributed by atoms with Crippen molar-refractivity contribution in [3.63, 3.8) is 0 Å². The van der Waals surface area contributed by atoms with Gasteiger partial charge in [-0.2, -0.15) is 0 Å². The minimum Gasteiger partial charge on any atom is -0.463 e. The van der Waals surface area contributed by atoms with Gasteiger partial charge >= 0.3 is 5.97 Å². The van der Waals surface area contributed by atoms with Crippen LogP contribution >= 0.6 is 46.1 Å². The van der Waals surface area contributed by atoms with E-state index >= 15 is 0 Å². The van der Waals surface area contributed by atoms with Crippen molar-refractivity contribution in [2.24, 2.45) is 4.99 Å². The average molecular weight is 574 g/mol. The lowest BCUT2D eigenvalue weighted by atomic mass is 9.96. The molecular formula is C27H19Cl3N2O4S. The Hall–Kier alpha value is -3.10. The molecule has 5 rings (SSSR count). The highest BCUT2D eigenvalue weighted by Crippen LogP contribution is 2.34. The standard InChI is InChI=1S/C27H19Cl3N2O4S/c1-3-35-26(34)23-14(2)31-27-32(24(23)17-6-4-5-7-18(17)28)25(33)22(37-27)13-16-9-11-21(36-16)15-8-10-19(29)20(30)12-15/h4-13,24H,3H2,1-2H3. The van der Waals surface area contributed by atoms with Gasteiger partial charge in [-0.05, 0) is 55.8 Å². The highest BCUT2D eigenvalue weighted by Gasteiger charge is 2.34. The van der Waals surface area contributed by atoms with Crippen molar-refractivity contribution in [3.05, 3.63) is 112 Å². The first-order valence-corrected chi connectivity index (χ1v) is 13.2. The molecule has 0 radical (unpaired) electrons. The molecule has 0 spiro atoms. The Morgan fingerprint density at radius 1 is 1.11 bits per heavy atom. The van der Waals surface area contributed by atoms with E-state index in [1.165, 1.54) is 15.9 Å². The topological polar surface area (TPSA) is 73.8 Å². The maximum absolute atomic E-state index is 13.7. The first-order valence-electron chi connectivity index (χ1n) is 11.3. The minimum atomic E-state index is -0.783. The first kappa shape index (κ1) is 25.5. The van der Waals surface area contributed by atoms with Crippen LogP contribution < -0.4 is 14.9 Å². The molecule has 0 N–H and O–H groups in total. The number of carbonyl (C=O) groups excluding carboxylic acids is 1. The largest absolute Gasteiger partial charge is 0.463 e. The summed E-state index contributed by atoms with van der Waals surface area (Å²) in [6.45, 7) is 3.64. The Bertz CT molecular complexity index is 1750. The summed E-state index contributed by atoms with van der Waals surface area (Å²) in [5.41, 5.74) is 1.78. The van der Waals surface area contributed by atoms with Crippen LogP contribution in [0, 0.1) is 0 Å². The molecule has 2 aromatic heterocycles. The summed E-state index contributed by atoms with van der Waals surface area (Å²) in [4.78, 5) is 31.7. The Kier molecular flexibility index (Phi) is 7.14. The lowest BCUT2D eigenvalue weighted by molar-refractivity contribution is -0.139. The van der Waals surface area contributed by atoms with E-state index in [4.69, 9.17) is 44.0 Å². The number of ether oxygens (including phenoxy) is 1. The third kappa shape index (κ3) is 4.80. The molecule has 2 aromatic carbocycles. The third-order valence-electron chi connectivity index (χ3n) is 5.82. The normalized spacial score (nSPS) is 15.5. The zero-order valence-electron chi connectivity index (χ0n) is 19.6. The molecule has 0 amide bonds. The second kappa shape index (κ2) is 10.3. The summed E-state index contributed by atoms with van der Waals surface area (Å²) >= 11 is 19.9. The average Bonchev–Trinajstić information content (AvgIpc) is 3.45. The number of aromatic nitrogens is 1. The molecule has 1 atom stereocenters. The second-order valence-electron chi connectivity index (χ2n) is 8.15. The fourth-order valence-corrected chi connectivity index (χ4v) is 5.71. The van der Waals surface area contributed by atoms with Crippen LogP contribution in [0.4, 0.5) is 0 Å². The second-order valence-corrected chi connectivity index (χ2v) is 10.4. The van der Waals surface area contributed by atoms with Crippen LogP contribution in [-0.4, -0.2) is 17.1 Å². The number of carbonyl (C=O) groups is 1. The lowest BCUT2D eigenvalue weighted by Crippen LogP contribution is -2.40. The molecule has 10 heteroatoms. The molecule has 1 unspecified atom stereocenters. The van der Waals surface area contributed by atoms with Crippen LogP contribution in [0.1, 0.15) is 31.2 Å². The van der Waals surface area contributed by atoms with Crippen molar-refractivity contribution in [2.45, 2.75) is 19.9 Å². The molecule has 0 saturated carbocycles. The van der Waals surface area contributed by atoms with Crippen molar-refractivity contribution < 1.29 is 13.9 Å². The molecule has 0 bridgehead atoms. The van der Waals surface area contributed by atoms with Crippen LogP contribution in [0.15, 0.2) is 80.1 Å². The molecule has 1 aliphatic heterocycles. The number of furan rings is 1. The molecule has 0 saturated heterocycles. The van der Waals surface area contributed by atoms with Gasteiger partial charge in [0.1, 0.15) is 17.6 Å². The molecule has 37 heavy (non-hydrogen) atoms. The first-order chi connectivity index (χ1) is 17.8. The number of nitrogens with zero attached hydrogens (tertiary/aromatic N) is 2. The van der Waals surface area contributed by atoms with Crippen LogP contribution in [0.3, 0.4) is 0 Å². The van der Waals surface area contributed by atoms with E-state index in [9.17, 15) is 9.59 Å². The summed E-state index contributed by atoms with van der Waals surface area (Å²) in [7, 11) is 0. The van der Waals surface area contributed by atoms with Gasteiger partial charge in [-0.3, -0.25) is 9.36 Å². The number of halogens is 3. The van der Waals surface area contributed by atoms with Gasteiger partial charge in [0, 0.05) is 16.7 Å². The van der Waals surface area contributed by atoms with Crippen molar-refractivity contribution in [3.8, 4) is 11.3 Å². The number of thiazole rings is 1. The maximum atomic E-state index is 13.7. The van der Waals surface area contributed by atoms with Crippen LogP contribution in [0.25, 0.3) is 17.4 Å². The SMILES string of the molecule is CCOC(=O)C1=C(C)N=c2sc(=Cc3ccc(-c4ccc(Cl)c(Cl)c4)o3)c(=O)n2C1c1ccccc1Cl. The third-order valence-corrected chi connectivity index (χ3v) is 7.89. The highest BCUT2D eigenvalue weighted by molar-refractivity contribution is 7.07. The van der Waals surface area contributed by atoms with Gasteiger partial charge in [0.25, 0.3) is 5.56 Å². The number of allylic oxidation sites excluding steroid dienone is 1. The smallest absolute Gasteiger partial charge is 0.338 e. The zero-order chi connectivity index (χ0) is 26.3. The number of benzene rings is 2. The number of fused-ring (bicyclic) bond motifs is 1. The van der Waals surface area contributed by atoms with Gasteiger partial charge in [-0.1, -0.05) is 64.3 Å². The Labute approximate surface area is 230 Å². The predicted octanol–water partition coefficient (Wildman–Crippen LogP) is 6.02. The van der Waals surface area contributed by atoms with Crippen molar-refractivity contribution in [1.29, 1.82) is 0 Å².